The van der Waals surface area contributed by atoms with E-state index in [0.717, 1.165) is 37.5 Å². The lowest BCUT2D eigenvalue weighted by Gasteiger charge is -2.29. The zero-order chi connectivity index (χ0) is 14.1. The second kappa shape index (κ2) is 5.47. The second-order valence-electron chi connectivity index (χ2n) is 5.13. The van der Waals surface area contributed by atoms with Crippen LogP contribution in [0.5, 0.6) is 0 Å². The number of aromatic nitrogens is 1. The zero-order valence-corrected chi connectivity index (χ0v) is 12.5. The van der Waals surface area contributed by atoms with Gasteiger partial charge in [-0.3, -0.25) is 0 Å². The molecule has 0 saturated carbocycles. The molecule has 3 aromatic rings. The van der Waals surface area contributed by atoms with Crippen molar-refractivity contribution in [3.63, 3.8) is 0 Å². The molecule has 0 bridgehead atoms. The van der Waals surface area contributed by atoms with Crippen LogP contribution in [0.1, 0.15) is 0 Å². The van der Waals surface area contributed by atoms with Crippen LogP contribution in [0.3, 0.4) is 0 Å². The van der Waals surface area contributed by atoms with E-state index in [2.05, 4.69) is 46.7 Å². The van der Waals surface area contributed by atoms with Crippen LogP contribution in [-0.4, -0.2) is 31.3 Å². The summed E-state index contributed by atoms with van der Waals surface area (Å²) in [5, 5.41) is 2.12. The lowest BCUT2D eigenvalue weighted by molar-refractivity contribution is 0.123. The third kappa shape index (κ3) is 2.41. The van der Waals surface area contributed by atoms with Gasteiger partial charge in [0.2, 0.25) is 0 Å². The lowest BCUT2D eigenvalue weighted by Crippen LogP contribution is -2.36. The SMILES string of the molecule is c1ccc(-c2cc(N3CCOCC3)c3sccc3n2)cc1. The molecule has 106 valence electrons. The predicted molar refractivity (Wildman–Crippen MR) is 88.1 cm³/mol. The number of hydrogen-bond donors (Lipinski definition) is 0. The minimum atomic E-state index is 0.801. The van der Waals surface area contributed by atoms with Crippen molar-refractivity contribution in [1.29, 1.82) is 0 Å². The van der Waals surface area contributed by atoms with Gasteiger partial charge < -0.3 is 9.64 Å². The zero-order valence-electron chi connectivity index (χ0n) is 11.7. The number of rotatable bonds is 2. The number of thiophene rings is 1. The number of anilines is 1. The fraction of sp³-hybridized carbons (Fsp3) is 0.235. The Bertz CT molecular complexity index is 748. The molecule has 2 aromatic heterocycles. The topological polar surface area (TPSA) is 25.4 Å². The molecule has 0 spiro atoms. The summed E-state index contributed by atoms with van der Waals surface area (Å²) in [6, 6.07) is 14.7. The third-order valence-corrected chi connectivity index (χ3v) is 4.74. The molecular formula is C17H16N2OS. The fourth-order valence-electron chi connectivity index (χ4n) is 2.74. The van der Waals surface area contributed by atoms with Gasteiger partial charge in [0.1, 0.15) is 0 Å². The van der Waals surface area contributed by atoms with E-state index in [1.807, 2.05) is 6.07 Å². The van der Waals surface area contributed by atoms with E-state index < -0.39 is 0 Å². The van der Waals surface area contributed by atoms with Crippen molar-refractivity contribution < 1.29 is 4.74 Å². The molecule has 1 aliphatic rings. The van der Waals surface area contributed by atoms with Gasteiger partial charge in [-0.15, -0.1) is 11.3 Å². The Morgan fingerprint density at radius 3 is 2.67 bits per heavy atom. The molecule has 21 heavy (non-hydrogen) atoms. The molecular weight excluding hydrogens is 280 g/mol. The van der Waals surface area contributed by atoms with Crippen molar-refractivity contribution in [1.82, 2.24) is 4.98 Å². The van der Waals surface area contributed by atoms with Crippen LogP contribution < -0.4 is 4.90 Å². The van der Waals surface area contributed by atoms with E-state index in [1.165, 1.54) is 16.0 Å². The largest absolute Gasteiger partial charge is 0.378 e. The quantitative estimate of drug-likeness (QED) is 0.719. The van der Waals surface area contributed by atoms with Crippen LogP contribution >= 0.6 is 11.3 Å². The Labute approximate surface area is 127 Å². The van der Waals surface area contributed by atoms with E-state index in [0.29, 0.717) is 0 Å². The summed E-state index contributed by atoms with van der Waals surface area (Å²) in [5.41, 5.74) is 4.59. The minimum Gasteiger partial charge on any atom is -0.378 e. The van der Waals surface area contributed by atoms with E-state index in [4.69, 9.17) is 9.72 Å². The van der Waals surface area contributed by atoms with Gasteiger partial charge in [0, 0.05) is 18.7 Å². The van der Waals surface area contributed by atoms with Gasteiger partial charge in [-0.2, -0.15) is 0 Å². The molecule has 0 N–H and O–H groups in total. The fourth-order valence-corrected chi connectivity index (χ4v) is 3.61. The molecule has 1 aromatic carbocycles. The van der Waals surface area contributed by atoms with Crippen LogP contribution in [0.25, 0.3) is 21.5 Å². The molecule has 4 rings (SSSR count). The Kier molecular flexibility index (Phi) is 3.33. The maximum absolute atomic E-state index is 5.48. The highest BCUT2D eigenvalue weighted by molar-refractivity contribution is 7.17. The van der Waals surface area contributed by atoms with Crippen molar-refractivity contribution in [2.75, 3.05) is 31.2 Å². The highest BCUT2D eigenvalue weighted by Crippen LogP contribution is 2.34. The van der Waals surface area contributed by atoms with Gasteiger partial charge in [-0.05, 0) is 17.5 Å². The van der Waals surface area contributed by atoms with E-state index in [-0.39, 0.29) is 0 Å². The van der Waals surface area contributed by atoms with Crippen molar-refractivity contribution in [2.45, 2.75) is 0 Å². The van der Waals surface area contributed by atoms with Crippen LogP contribution in [0.2, 0.25) is 0 Å². The molecule has 3 heterocycles. The van der Waals surface area contributed by atoms with Crippen molar-refractivity contribution >= 4 is 27.2 Å². The maximum atomic E-state index is 5.48. The van der Waals surface area contributed by atoms with Gasteiger partial charge in [0.25, 0.3) is 0 Å². The number of ether oxygens (including phenoxy) is 1. The number of morpholine rings is 1. The van der Waals surface area contributed by atoms with Crippen LogP contribution in [0.4, 0.5) is 5.69 Å². The number of benzene rings is 1. The first-order chi connectivity index (χ1) is 10.4. The van der Waals surface area contributed by atoms with Crippen molar-refractivity contribution in [3.8, 4) is 11.3 Å². The normalized spacial score (nSPS) is 15.5. The molecule has 0 aliphatic carbocycles. The molecule has 0 unspecified atom stereocenters. The number of pyridine rings is 1. The van der Waals surface area contributed by atoms with Crippen LogP contribution in [0, 0.1) is 0 Å². The predicted octanol–water partition coefficient (Wildman–Crippen LogP) is 3.80. The Balaban J connectivity index is 1.86. The minimum absolute atomic E-state index is 0.801. The van der Waals surface area contributed by atoms with E-state index in [1.54, 1.807) is 11.3 Å². The molecule has 0 atom stereocenters. The molecule has 1 fully saturated rings. The summed E-state index contributed by atoms with van der Waals surface area (Å²) in [5.74, 6) is 0. The van der Waals surface area contributed by atoms with Crippen molar-refractivity contribution in [3.05, 3.63) is 47.8 Å². The van der Waals surface area contributed by atoms with Gasteiger partial charge in [0.05, 0.1) is 34.8 Å². The number of fused-ring (bicyclic) bond motifs is 1. The average molecular weight is 296 g/mol. The number of hydrogen-bond acceptors (Lipinski definition) is 4. The summed E-state index contributed by atoms with van der Waals surface area (Å²) in [7, 11) is 0. The van der Waals surface area contributed by atoms with E-state index >= 15 is 0 Å². The highest BCUT2D eigenvalue weighted by atomic mass is 32.1. The second-order valence-corrected chi connectivity index (χ2v) is 6.04. The first kappa shape index (κ1) is 12.8. The number of nitrogens with zero attached hydrogens (tertiary/aromatic N) is 2. The van der Waals surface area contributed by atoms with Gasteiger partial charge >= 0.3 is 0 Å². The molecule has 0 radical (unpaired) electrons. The summed E-state index contributed by atoms with van der Waals surface area (Å²) in [6.07, 6.45) is 0. The molecule has 4 heteroatoms. The molecule has 0 amide bonds. The standard InChI is InChI=1S/C17H16N2OS/c1-2-4-13(5-3-1)15-12-16(19-7-9-20-10-8-19)17-14(18-15)6-11-21-17/h1-6,11-12H,7-10H2. The van der Waals surface area contributed by atoms with Crippen LogP contribution in [0.15, 0.2) is 47.8 Å². The maximum Gasteiger partial charge on any atom is 0.0838 e. The van der Waals surface area contributed by atoms with E-state index in [9.17, 15) is 0 Å². The lowest BCUT2D eigenvalue weighted by atomic mass is 10.1. The molecule has 3 nitrogen and oxygen atoms in total. The summed E-state index contributed by atoms with van der Waals surface area (Å²) >= 11 is 1.77. The summed E-state index contributed by atoms with van der Waals surface area (Å²) in [6.45, 7) is 3.50. The third-order valence-electron chi connectivity index (χ3n) is 3.81. The van der Waals surface area contributed by atoms with Gasteiger partial charge in [-0.1, -0.05) is 30.3 Å². The highest BCUT2D eigenvalue weighted by Gasteiger charge is 2.17. The summed E-state index contributed by atoms with van der Waals surface area (Å²) < 4.78 is 6.75. The van der Waals surface area contributed by atoms with Gasteiger partial charge in [0.15, 0.2) is 0 Å². The molecule has 1 saturated heterocycles. The first-order valence-electron chi connectivity index (χ1n) is 7.18. The Morgan fingerprint density at radius 2 is 1.86 bits per heavy atom. The Hall–Kier alpha value is -1.91. The smallest absolute Gasteiger partial charge is 0.0838 e. The van der Waals surface area contributed by atoms with Crippen LogP contribution in [-0.2, 0) is 4.74 Å². The average Bonchev–Trinajstić information content (AvgIpc) is 3.04. The monoisotopic (exact) mass is 296 g/mol. The first-order valence-corrected chi connectivity index (χ1v) is 8.06. The van der Waals surface area contributed by atoms with Crippen molar-refractivity contribution in [2.24, 2.45) is 0 Å². The molecule has 1 aliphatic heterocycles. The van der Waals surface area contributed by atoms with Gasteiger partial charge in [-0.25, -0.2) is 4.98 Å². The summed E-state index contributed by atoms with van der Waals surface area (Å²) in [4.78, 5) is 7.23. The Morgan fingerprint density at radius 1 is 1.05 bits per heavy atom.